The first-order valence-corrected chi connectivity index (χ1v) is 4.40. The Labute approximate surface area is 68.9 Å². The van der Waals surface area contributed by atoms with Gasteiger partial charge in [-0.3, -0.25) is 0 Å². The van der Waals surface area contributed by atoms with Gasteiger partial charge in [0.25, 0.3) is 0 Å². The van der Waals surface area contributed by atoms with Crippen LogP contribution in [0.3, 0.4) is 0 Å². The Bertz CT molecular complexity index is 150. The van der Waals surface area contributed by atoms with Crippen LogP contribution in [0.15, 0.2) is 0 Å². The van der Waals surface area contributed by atoms with Gasteiger partial charge < -0.3 is 14.6 Å². The zero-order chi connectivity index (χ0) is 8.27. The van der Waals surface area contributed by atoms with Crippen molar-refractivity contribution in [3.63, 3.8) is 0 Å². The Morgan fingerprint density at radius 2 is 2.64 bits per heavy atom. The molecule has 0 bridgehead atoms. The lowest BCUT2D eigenvalue weighted by Gasteiger charge is -2.07. The molecule has 1 N–H and O–H groups in total. The summed E-state index contributed by atoms with van der Waals surface area (Å²) in [5.74, 6) is 0.0257. The summed E-state index contributed by atoms with van der Waals surface area (Å²) in [5.41, 5.74) is -0.634. The van der Waals surface area contributed by atoms with Gasteiger partial charge in [0.05, 0.1) is 6.61 Å². The molecule has 0 saturated carbocycles. The number of hydrogen-bond donors (Lipinski definition) is 1. The molecule has 1 fully saturated rings. The van der Waals surface area contributed by atoms with Crippen LogP contribution in [0.5, 0.6) is 0 Å². The second-order valence-corrected chi connectivity index (χ2v) is 3.10. The zero-order valence-electron chi connectivity index (χ0n) is 6.15. The number of carbonyl (C=O) groups excluding carboxylic acids is 1. The van der Waals surface area contributed by atoms with Crippen LogP contribution in [0.2, 0.25) is 0 Å². The minimum absolute atomic E-state index is 0.343. The summed E-state index contributed by atoms with van der Waals surface area (Å²) < 4.78 is 9.50. The molecule has 4 nitrogen and oxygen atoms in total. The molecule has 0 unspecified atom stereocenters. The summed E-state index contributed by atoms with van der Waals surface area (Å²) in [5, 5.41) is 8.87. The van der Waals surface area contributed by atoms with Gasteiger partial charge in [-0.2, -0.15) is 0 Å². The Balaban J connectivity index is 2.31. The number of hydrogen-bond acceptors (Lipinski definition) is 5. The van der Waals surface area contributed by atoms with Crippen molar-refractivity contribution in [2.45, 2.75) is 18.6 Å². The number of aliphatic hydroxyl groups excluding tert-OH is 1. The van der Waals surface area contributed by atoms with Crippen molar-refractivity contribution < 1.29 is 19.4 Å². The molecule has 1 aliphatic rings. The fourth-order valence-electron chi connectivity index (χ4n) is 0.725. The summed E-state index contributed by atoms with van der Waals surface area (Å²) in [6, 6.07) is 0. The number of aliphatic hydroxyl groups is 1. The van der Waals surface area contributed by atoms with Crippen LogP contribution in [0.25, 0.3) is 0 Å². The molecule has 64 valence electrons. The fourth-order valence-corrected chi connectivity index (χ4v) is 1.55. The third-order valence-corrected chi connectivity index (χ3v) is 2.23. The SMILES string of the molecule is CCOC(=O)[C@H]1O[C@@H](O)CS1. The molecule has 1 rings (SSSR count). The third kappa shape index (κ3) is 2.36. The lowest BCUT2D eigenvalue weighted by molar-refractivity contribution is -0.160. The molecule has 0 radical (unpaired) electrons. The Hall–Kier alpha value is -0.260. The first-order valence-electron chi connectivity index (χ1n) is 3.35. The molecular weight excluding hydrogens is 168 g/mol. The van der Waals surface area contributed by atoms with Crippen molar-refractivity contribution in [1.82, 2.24) is 0 Å². The molecule has 0 aromatic rings. The summed E-state index contributed by atoms with van der Waals surface area (Å²) in [7, 11) is 0. The standard InChI is InChI=1S/C6H10O4S/c1-2-9-5(8)6-10-4(7)3-11-6/h4,6-7H,2-3H2,1H3/t4-,6+/m1/s1. The molecule has 0 aliphatic carbocycles. The molecule has 0 amide bonds. The van der Waals surface area contributed by atoms with Crippen LogP contribution in [0, 0.1) is 0 Å². The molecule has 5 heteroatoms. The first kappa shape index (κ1) is 8.83. The normalized spacial score (nSPS) is 30.4. The van der Waals surface area contributed by atoms with Crippen LogP contribution in [-0.2, 0) is 14.3 Å². The van der Waals surface area contributed by atoms with Crippen molar-refractivity contribution in [2.24, 2.45) is 0 Å². The molecule has 1 aliphatic heterocycles. The van der Waals surface area contributed by atoms with Gasteiger partial charge in [0.1, 0.15) is 0 Å². The maximum absolute atomic E-state index is 10.9. The topological polar surface area (TPSA) is 55.8 Å². The average Bonchev–Trinajstić information content (AvgIpc) is 2.36. The highest BCUT2D eigenvalue weighted by Gasteiger charge is 2.30. The van der Waals surface area contributed by atoms with Gasteiger partial charge in [0.2, 0.25) is 5.44 Å². The predicted molar refractivity (Wildman–Crippen MR) is 40.0 cm³/mol. The number of ether oxygens (including phenoxy) is 2. The van der Waals surface area contributed by atoms with Crippen LogP contribution < -0.4 is 0 Å². The number of esters is 1. The highest BCUT2D eigenvalue weighted by molar-refractivity contribution is 8.00. The van der Waals surface area contributed by atoms with Crippen LogP contribution >= 0.6 is 11.8 Å². The fraction of sp³-hybridized carbons (Fsp3) is 0.833. The summed E-state index contributed by atoms with van der Waals surface area (Å²) in [6.45, 7) is 2.07. The minimum Gasteiger partial charge on any atom is -0.463 e. The maximum atomic E-state index is 10.9. The predicted octanol–water partition coefficient (Wildman–Crippen LogP) is -0.0426. The van der Waals surface area contributed by atoms with E-state index in [4.69, 9.17) is 9.84 Å². The molecule has 1 saturated heterocycles. The van der Waals surface area contributed by atoms with E-state index in [0.717, 1.165) is 0 Å². The van der Waals surface area contributed by atoms with Gasteiger partial charge in [0.15, 0.2) is 6.29 Å². The van der Waals surface area contributed by atoms with Gasteiger partial charge >= 0.3 is 5.97 Å². The summed E-state index contributed by atoms with van der Waals surface area (Å²) in [4.78, 5) is 10.9. The van der Waals surface area contributed by atoms with Crippen molar-refractivity contribution in [3.05, 3.63) is 0 Å². The summed E-state index contributed by atoms with van der Waals surface area (Å²) >= 11 is 1.25. The van der Waals surface area contributed by atoms with Gasteiger partial charge in [0, 0.05) is 5.75 Å². The Kier molecular flexibility index (Phi) is 3.16. The second-order valence-electron chi connectivity index (χ2n) is 2.01. The smallest absolute Gasteiger partial charge is 0.345 e. The monoisotopic (exact) mass is 178 g/mol. The van der Waals surface area contributed by atoms with E-state index >= 15 is 0 Å². The van der Waals surface area contributed by atoms with Crippen LogP contribution in [0.4, 0.5) is 0 Å². The van der Waals surface area contributed by atoms with Crippen LogP contribution in [-0.4, -0.2) is 35.2 Å². The molecule has 0 aromatic carbocycles. The zero-order valence-corrected chi connectivity index (χ0v) is 6.97. The maximum Gasteiger partial charge on any atom is 0.345 e. The van der Waals surface area contributed by atoms with Gasteiger partial charge in [-0.25, -0.2) is 4.79 Å². The quantitative estimate of drug-likeness (QED) is 0.601. The molecule has 0 spiro atoms. The van der Waals surface area contributed by atoms with E-state index in [9.17, 15) is 4.79 Å². The Morgan fingerprint density at radius 3 is 3.09 bits per heavy atom. The van der Waals surface area contributed by atoms with Crippen molar-refractivity contribution in [3.8, 4) is 0 Å². The van der Waals surface area contributed by atoms with E-state index in [-0.39, 0.29) is 0 Å². The molecular formula is C6H10O4S. The van der Waals surface area contributed by atoms with Gasteiger partial charge in [-0.15, -0.1) is 11.8 Å². The highest BCUT2D eigenvalue weighted by Crippen LogP contribution is 2.24. The number of carbonyl (C=O) groups is 1. The van der Waals surface area contributed by atoms with E-state index in [1.165, 1.54) is 11.8 Å². The van der Waals surface area contributed by atoms with E-state index in [0.29, 0.717) is 12.4 Å². The number of rotatable bonds is 2. The van der Waals surface area contributed by atoms with Gasteiger partial charge in [-0.05, 0) is 6.92 Å². The van der Waals surface area contributed by atoms with E-state index in [1.54, 1.807) is 6.92 Å². The van der Waals surface area contributed by atoms with Crippen molar-refractivity contribution in [1.29, 1.82) is 0 Å². The largest absolute Gasteiger partial charge is 0.463 e. The Morgan fingerprint density at radius 1 is 1.91 bits per heavy atom. The van der Waals surface area contributed by atoms with E-state index in [2.05, 4.69) is 4.74 Å². The minimum atomic E-state index is -0.825. The van der Waals surface area contributed by atoms with E-state index in [1.807, 2.05) is 0 Å². The molecule has 2 atom stereocenters. The average molecular weight is 178 g/mol. The number of thioether (sulfide) groups is 1. The van der Waals surface area contributed by atoms with E-state index < -0.39 is 17.7 Å². The van der Waals surface area contributed by atoms with Crippen LogP contribution in [0.1, 0.15) is 6.92 Å². The highest BCUT2D eigenvalue weighted by atomic mass is 32.2. The molecule has 1 heterocycles. The van der Waals surface area contributed by atoms with Gasteiger partial charge in [-0.1, -0.05) is 0 Å². The lowest BCUT2D eigenvalue weighted by Crippen LogP contribution is -2.21. The molecule has 0 aromatic heterocycles. The first-order chi connectivity index (χ1) is 5.24. The third-order valence-electron chi connectivity index (χ3n) is 1.15. The second kappa shape index (κ2) is 3.94. The van der Waals surface area contributed by atoms with Crippen molar-refractivity contribution >= 4 is 17.7 Å². The van der Waals surface area contributed by atoms with Crippen molar-refractivity contribution in [2.75, 3.05) is 12.4 Å². The summed E-state index contributed by atoms with van der Waals surface area (Å²) in [6.07, 6.45) is -0.825. The lowest BCUT2D eigenvalue weighted by atomic mass is 10.7. The molecule has 11 heavy (non-hydrogen) atoms.